The lowest BCUT2D eigenvalue weighted by Gasteiger charge is -2.41. The normalized spacial score (nSPS) is 16.5. The van der Waals surface area contributed by atoms with Crippen LogP contribution < -0.4 is 20.1 Å². The van der Waals surface area contributed by atoms with Gasteiger partial charge in [-0.1, -0.05) is 12.5 Å². The maximum absolute atomic E-state index is 5.48. The fourth-order valence-corrected chi connectivity index (χ4v) is 3.98. The molecule has 8 heteroatoms. The Morgan fingerprint density at radius 3 is 2.29 bits per heavy atom. The predicted molar refractivity (Wildman–Crippen MR) is 140 cm³/mol. The van der Waals surface area contributed by atoms with Crippen LogP contribution in [0.3, 0.4) is 0 Å². The number of nitrogens with zero attached hydrogens (tertiary/aromatic N) is 3. The highest BCUT2D eigenvalue weighted by Gasteiger charge is 2.28. The zero-order valence-electron chi connectivity index (χ0n) is 20.3. The monoisotopic (exact) mass is 547 g/mol. The summed E-state index contributed by atoms with van der Waals surface area (Å²) < 4.78 is 10.9. The average Bonchev–Trinajstić information content (AvgIpc) is 2.76. The Morgan fingerprint density at radius 1 is 1.10 bits per heavy atom. The van der Waals surface area contributed by atoms with Crippen LogP contribution in [0.4, 0.5) is 0 Å². The van der Waals surface area contributed by atoms with Gasteiger partial charge in [0.05, 0.1) is 20.3 Å². The molecule has 1 aromatic rings. The van der Waals surface area contributed by atoms with Crippen molar-refractivity contribution in [3.8, 4) is 11.5 Å². The fraction of sp³-hybridized carbons (Fsp3) is 0.696. The molecule has 2 N–H and O–H groups in total. The van der Waals surface area contributed by atoms with Crippen LogP contribution in [0.5, 0.6) is 11.5 Å². The van der Waals surface area contributed by atoms with Gasteiger partial charge in [0, 0.05) is 25.7 Å². The molecule has 0 amide bonds. The number of methoxy groups -OCH3 is 2. The van der Waals surface area contributed by atoms with E-state index in [4.69, 9.17) is 9.47 Å². The molecule has 1 aliphatic heterocycles. The second kappa shape index (κ2) is 13.3. The van der Waals surface area contributed by atoms with Crippen molar-refractivity contribution in [3.63, 3.8) is 0 Å². The maximum atomic E-state index is 5.48. The minimum atomic E-state index is 0. The average molecular weight is 548 g/mol. The molecule has 1 saturated heterocycles. The van der Waals surface area contributed by atoms with Crippen molar-refractivity contribution >= 4 is 29.9 Å². The molecule has 0 saturated carbocycles. The summed E-state index contributed by atoms with van der Waals surface area (Å²) in [5.41, 5.74) is 1.26. The quantitative estimate of drug-likeness (QED) is 0.281. The van der Waals surface area contributed by atoms with Gasteiger partial charge in [-0.2, -0.15) is 0 Å². The predicted octanol–water partition coefficient (Wildman–Crippen LogP) is 3.35. The Morgan fingerprint density at radius 2 is 1.74 bits per heavy atom. The SMILES string of the molecule is CN=C(NCC(c1ccc(OC)c(OC)c1)N(C)C)NCC(C)(C)N1CCCCC1.I. The molecule has 0 radical (unpaired) electrons. The van der Waals surface area contributed by atoms with Crippen LogP contribution >= 0.6 is 24.0 Å². The van der Waals surface area contributed by atoms with Gasteiger partial charge in [0.25, 0.3) is 0 Å². The summed E-state index contributed by atoms with van der Waals surface area (Å²) in [5, 5.41) is 7.03. The third kappa shape index (κ3) is 7.98. The molecule has 1 aliphatic rings. The summed E-state index contributed by atoms with van der Waals surface area (Å²) in [6, 6.07) is 6.25. The zero-order valence-corrected chi connectivity index (χ0v) is 22.7. The molecule has 0 aromatic heterocycles. The number of likely N-dealkylation sites (tertiary alicyclic amines) is 1. The molecule has 178 valence electrons. The first-order valence-electron chi connectivity index (χ1n) is 10.9. The molecule has 1 unspecified atom stereocenters. The van der Waals surface area contributed by atoms with E-state index in [-0.39, 0.29) is 35.6 Å². The van der Waals surface area contributed by atoms with E-state index in [0.717, 1.165) is 36.1 Å². The Labute approximate surface area is 206 Å². The number of nitrogens with one attached hydrogen (secondary N) is 2. The number of aliphatic imine (C=N–C) groups is 1. The highest BCUT2D eigenvalue weighted by atomic mass is 127. The van der Waals surface area contributed by atoms with E-state index < -0.39 is 0 Å². The number of benzene rings is 1. The van der Waals surface area contributed by atoms with Crippen molar-refractivity contribution in [2.75, 3.05) is 61.5 Å². The second-order valence-corrected chi connectivity index (χ2v) is 8.76. The third-order valence-corrected chi connectivity index (χ3v) is 6.00. The number of hydrogen-bond acceptors (Lipinski definition) is 5. The standard InChI is InChI=1S/C23H41N5O2.HI/c1-23(2,28-13-9-8-10-14-28)17-26-22(24-3)25-16-19(27(4)5)18-11-12-20(29-6)21(15-18)30-7;/h11-12,15,19H,8-10,13-14,16-17H2,1-7H3,(H2,24,25,26);1H. The number of rotatable bonds is 9. The number of piperidine rings is 1. The summed E-state index contributed by atoms with van der Waals surface area (Å²) in [6.07, 6.45) is 3.95. The van der Waals surface area contributed by atoms with Gasteiger partial charge in [0.15, 0.2) is 17.5 Å². The molecule has 0 spiro atoms. The summed E-state index contributed by atoms with van der Waals surface area (Å²) in [5.74, 6) is 2.31. The molecule has 1 aromatic carbocycles. The summed E-state index contributed by atoms with van der Waals surface area (Å²) >= 11 is 0. The van der Waals surface area contributed by atoms with E-state index in [1.54, 1.807) is 14.2 Å². The molecule has 0 aliphatic carbocycles. The van der Waals surface area contributed by atoms with Crippen LogP contribution in [0.2, 0.25) is 0 Å². The van der Waals surface area contributed by atoms with Gasteiger partial charge < -0.3 is 25.0 Å². The van der Waals surface area contributed by atoms with Gasteiger partial charge >= 0.3 is 0 Å². The van der Waals surface area contributed by atoms with Crippen LogP contribution in [0.25, 0.3) is 0 Å². The van der Waals surface area contributed by atoms with Crippen LogP contribution in [0.15, 0.2) is 23.2 Å². The molecule has 0 bridgehead atoms. The summed E-state index contributed by atoms with van der Waals surface area (Å²) in [4.78, 5) is 9.22. The van der Waals surface area contributed by atoms with Crippen molar-refractivity contribution in [3.05, 3.63) is 23.8 Å². The van der Waals surface area contributed by atoms with Gasteiger partial charge in [0.1, 0.15) is 0 Å². The van der Waals surface area contributed by atoms with Crippen molar-refractivity contribution in [2.45, 2.75) is 44.7 Å². The number of ether oxygens (including phenoxy) is 2. The number of likely N-dealkylation sites (N-methyl/N-ethyl adjacent to an activating group) is 1. The molecular formula is C23H42IN5O2. The van der Waals surface area contributed by atoms with Gasteiger partial charge in [-0.15, -0.1) is 24.0 Å². The lowest BCUT2D eigenvalue weighted by molar-refractivity contribution is 0.0982. The van der Waals surface area contributed by atoms with E-state index in [9.17, 15) is 0 Å². The number of hydrogen-bond donors (Lipinski definition) is 2. The summed E-state index contributed by atoms with van der Waals surface area (Å²) in [7, 11) is 9.31. The van der Waals surface area contributed by atoms with E-state index in [1.165, 1.54) is 32.4 Å². The molecule has 1 fully saturated rings. The van der Waals surface area contributed by atoms with Crippen molar-refractivity contribution in [1.82, 2.24) is 20.4 Å². The zero-order chi connectivity index (χ0) is 22.1. The van der Waals surface area contributed by atoms with Crippen molar-refractivity contribution in [2.24, 2.45) is 4.99 Å². The van der Waals surface area contributed by atoms with E-state index >= 15 is 0 Å². The molecular weight excluding hydrogens is 505 g/mol. The van der Waals surface area contributed by atoms with Crippen LogP contribution in [-0.2, 0) is 0 Å². The summed E-state index contributed by atoms with van der Waals surface area (Å²) in [6.45, 7) is 8.57. The van der Waals surface area contributed by atoms with E-state index in [1.807, 2.05) is 19.2 Å². The molecule has 1 atom stereocenters. The lowest BCUT2D eigenvalue weighted by Crippen LogP contribution is -2.55. The van der Waals surface area contributed by atoms with Gasteiger partial charge in [-0.05, 0) is 71.6 Å². The minimum absolute atomic E-state index is 0. The Kier molecular flexibility index (Phi) is 11.9. The first kappa shape index (κ1) is 27.8. The topological polar surface area (TPSA) is 61.4 Å². The smallest absolute Gasteiger partial charge is 0.191 e. The Hall–Kier alpha value is -1.26. The fourth-order valence-electron chi connectivity index (χ4n) is 3.98. The van der Waals surface area contributed by atoms with Gasteiger partial charge in [-0.25, -0.2) is 0 Å². The van der Waals surface area contributed by atoms with Crippen LogP contribution in [0.1, 0.15) is 44.7 Å². The molecule has 1 heterocycles. The highest BCUT2D eigenvalue weighted by Crippen LogP contribution is 2.31. The van der Waals surface area contributed by atoms with E-state index in [2.05, 4.69) is 59.4 Å². The van der Waals surface area contributed by atoms with E-state index in [0.29, 0.717) is 0 Å². The number of guanidine groups is 1. The van der Waals surface area contributed by atoms with Gasteiger partial charge in [-0.3, -0.25) is 9.89 Å². The third-order valence-electron chi connectivity index (χ3n) is 6.00. The Balaban J connectivity index is 0.00000480. The first-order valence-corrected chi connectivity index (χ1v) is 10.9. The lowest BCUT2D eigenvalue weighted by atomic mass is 9.98. The van der Waals surface area contributed by atoms with Crippen molar-refractivity contribution < 1.29 is 9.47 Å². The molecule has 7 nitrogen and oxygen atoms in total. The van der Waals surface area contributed by atoms with Crippen LogP contribution in [-0.4, -0.2) is 82.8 Å². The molecule has 31 heavy (non-hydrogen) atoms. The van der Waals surface area contributed by atoms with Gasteiger partial charge in [0.2, 0.25) is 0 Å². The highest BCUT2D eigenvalue weighted by molar-refractivity contribution is 14.0. The second-order valence-electron chi connectivity index (χ2n) is 8.76. The Bertz CT molecular complexity index is 691. The van der Waals surface area contributed by atoms with Crippen LogP contribution in [0, 0.1) is 0 Å². The largest absolute Gasteiger partial charge is 0.493 e. The minimum Gasteiger partial charge on any atom is -0.493 e. The molecule has 2 rings (SSSR count). The number of halogens is 1. The maximum Gasteiger partial charge on any atom is 0.191 e. The first-order chi connectivity index (χ1) is 14.3. The van der Waals surface area contributed by atoms with Crippen molar-refractivity contribution in [1.29, 1.82) is 0 Å².